The number of carbonyl (C=O) groups is 1. The number of halogens is 2. The second-order valence-electron chi connectivity index (χ2n) is 3.04. The summed E-state index contributed by atoms with van der Waals surface area (Å²) in [5.74, 6) is -0.982. The summed E-state index contributed by atoms with van der Waals surface area (Å²) in [7, 11) is 0. The van der Waals surface area contributed by atoms with Crippen LogP contribution in [0.1, 0.15) is 10.4 Å². The van der Waals surface area contributed by atoms with E-state index in [2.05, 4.69) is 5.10 Å². The van der Waals surface area contributed by atoms with Gasteiger partial charge in [-0.3, -0.25) is 0 Å². The van der Waals surface area contributed by atoms with Gasteiger partial charge in [-0.25, -0.2) is 9.48 Å². The van der Waals surface area contributed by atoms with Crippen LogP contribution in [0.25, 0.3) is 5.69 Å². The molecule has 0 radical (unpaired) electrons. The van der Waals surface area contributed by atoms with Crippen LogP contribution >= 0.6 is 34.2 Å². The summed E-state index contributed by atoms with van der Waals surface area (Å²) < 4.78 is 2.12. The monoisotopic (exact) mass is 348 g/mol. The highest BCUT2D eigenvalue weighted by molar-refractivity contribution is 14.1. The minimum absolute atomic E-state index is 0.190. The van der Waals surface area contributed by atoms with Crippen molar-refractivity contribution in [1.82, 2.24) is 9.78 Å². The fourth-order valence-electron chi connectivity index (χ4n) is 1.24. The fourth-order valence-corrected chi connectivity index (χ4v) is 2.14. The van der Waals surface area contributed by atoms with Crippen LogP contribution in [0.5, 0.6) is 0 Å². The lowest BCUT2D eigenvalue weighted by Crippen LogP contribution is -2.02. The van der Waals surface area contributed by atoms with Crippen LogP contribution in [0.4, 0.5) is 0 Å². The van der Waals surface area contributed by atoms with Crippen LogP contribution < -0.4 is 0 Å². The van der Waals surface area contributed by atoms with Gasteiger partial charge in [0.05, 0.1) is 11.9 Å². The minimum atomic E-state index is -0.982. The van der Waals surface area contributed by atoms with Crippen LogP contribution in [0.3, 0.4) is 0 Å². The first-order valence-electron chi connectivity index (χ1n) is 4.32. The van der Waals surface area contributed by atoms with Gasteiger partial charge in [-0.2, -0.15) is 5.10 Å². The van der Waals surface area contributed by atoms with E-state index < -0.39 is 5.97 Å². The molecular formula is C10H6ClIN2O2. The van der Waals surface area contributed by atoms with E-state index >= 15 is 0 Å². The van der Waals surface area contributed by atoms with Gasteiger partial charge in [-0.05, 0) is 46.9 Å². The molecule has 0 unspecified atom stereocenters. The van der Waals surface area contributed by atoms with Crippen LogP contribution in [-0.2, 0) is 0 Å². The standard InChI is InChI=1S/C10H6ClIN2O2/c11-6-1-3-7(4-2-6)14-9(12)8(5-13-14)10(15)16/h1-5H,(H,15,16). The first-order valence-corrected chi connectivity index (χ1v) is 5.78. The number of aromatic nitrogens is 2. The van der Waals surface area contributed by atoms with Gasteiger partial charge in [-0.1, -0.05) is 11.6 Å². The van der Waals surface area contributed by atoms with Crippen molar-refractivity contribution in [3.63, 3.8) is 0 Å². The van der Waals surface area contributed by atoms with Crippen molar-refractivity contribution >= 4 is 40.2 Å². The smallest absolute Gasteiger partial charge is 0.340 e. The molecule has 1 heterocycles. The van der Waals surface area contributed by atoms with E-state index in [4.69, 9.17) is 16.7 Å². The fraction of sp³-hybridized carbons (Fsp3) is 0. The number of nitrogens with zero attached hydrogens (tertiary/aromatic N) is 2. The van der Waals surface area contributed by atoms with Gasteiger partial charge in [-0.15, -0.1) is 0 Å². The molecule has 0 atom stereocenters. The van der Waals surface area contributed by atoms with Gasteiger partial charge in [0.1, 0.15) is 9.26 Å². The molecule has 1 aromatic heterocycles. The Bertz CT molecular complexity index is 536. The Morgan fingerprint density at radius 2 is 2.00 bits per heavy atom. The highest BCUT2D eigenvalue weighted by atomic mass is 127. The van der Waals surface area contributed by atoms with Crippen LogP contribution in [0.2, 0.25) is 5.02 Å². The highest BCUT2D eigenvalue weighted by Gasteiger charge is 2.14. The normalized spacial score (nSPS) is 10.4. The largest absolute Gasteiger partial charge is 0.478 e. The Kier molecular flexibility index (Phi) is 3.15. The zero-order valence-electron chi connectivity index (χ0n) is 7.89. The van der Waals surface area contributed by atoms with E-state index in [9.17, 15) is 4.79 Å². The van der Waals surface area contributed by atoms with Crippen molar-refractivity contribution in [1.29, 1.82) is 0 Å². The van der Waals surface area contributed by atoms with Crippen LogP contribution in [0, 0.1) is 3.70 Å². The number of rotatable bonds is 2. The van der Waals surface area contributed by atoms with Gasteiger partial charge >= 0.3 is 5.97 Å². The molecule has 0 aliphatic rings. The Balaban J connectivity index is 2.49. The molecule has 16 heavy (non-hydrogen) atoms. The Hall–Kier alpha value is -1.08. The molecule has 0 amide bonds. The maximum absolute atomic E-state index is 10.8. The number of carboxylic acid groups (broad SMARTS) is 1. The summed E-state index contributed by atoms with van der Waals surface area (Å²) in [4.78, 5) is 10.8. The summed E-state index contributed by atoms with van der Waals surface area (Å²) in [6, 6.07) is 7.02. The van der Waals surface area contributed by atoms with Crippen molar-refractivity contribution in [2.45, 2.75) is 0 Å². The first kappa shape index (κ1) is 11.4. The Morgan fingerprint density at radius 3 is 2.50 bits per heavy atom. The molecule has 1 N–H and O–H groups in total. The van der Waals surface area contributed by atoms with Crippen LogP contribution in [-0.4, -0.2) is 20.9 Å². The molecule has 6 heteroatoms. The predicted octanol–water partition coefficient (Wildman–Crippen LogP) is 2.83. The van der Waals surface area contributed by atoms with Gasteiger partial charge < -0.3 is 5.11 Å². The third-order valence-corrected chi connectivity index (χ3v) is 3.30. The van der Waals surface area contributed by atoms with E-state index in [1.807, 2.05) is 22.6 Å². The van der Waals surface area contributed by atoms with E-state index in [0.717, 1.165) is 5.69 Å². The van der Waals surface area contributed by atoms with Crippen molar-refractivity contribution < 1.29 is 9.90 Å². The zero-order valence-corrected chi connectivity index (χ0v) is 10.8. The van der Waals surface area contributed by atoms with E-state index in [1.54, 1.807) is 28.9 Å². The average molecular weight is 349 g/mol. The lowest BCUT2D eigenvalue weighted by Gasteiger charge is -2.03. The van der Waals surface area contributed by atoms with E-state index in [-0.39, 0.29) is 5.56 Å². The molecule has 2 aromatic rings. The van der Waals surface area contributed by atoms with Crippen molar-refractivity contribution in [3.8, 4) is 5.69 Å². The van der Waals surface area contributed by atoms with E-state index in [0.29, 0.717) is 8.72 Å². The third-order valence-electron chi connectivity index (χ3n) is 2.01. The van der Waals surface area contributed by atoms with Crippen molar-refractivity contribution in [2.24, 2.45) is 0 Å². The Labute approximate surface area is 110 Å². The number of hydrogen-bond acceptors (Lipinski definition) is 2. The summed E-state index contributed by atoms with van der Waals surface area (Å²) in [5.41, 5.74) is 0.969. The molecule has 82 valence electrons. The molecule has 0 aliphatic heterocycles. The second-order valence-corrected chi connectivity index (χ2v) is 4.50. The Morgan fingerprint density at radius 1 is 1.38 bits per heavy atom. The molecule has 0 spiro atoms. The number of benzene rings is 1. The first-order chi connectivity index (χ1) is 7.59. The molecule has 0 saturated heterocycles. The molecule has 0 bridgehead atoms. The molecule has 0 saturated carbocycles. The summed E-state index contributed by atoms with van der Waals surface area (Å²) >= 11 is 7.72. The predicted molar refractivity (Wildman–Crippen MR) is 68.3 cm³/mol. The third kappa shape index (κ3) is 2.05. The maximum atomic E-state index is 10.8. The zero-order chi connectivity index (χ0) is 11.7. The van der Waals surface area contributed by atoms with Gasteiger partial charge in [0, 0.05) is 5.02 Å². The van der Waals surface area contributed by atoms with E-state index in [1.165, 1.54) is 6.20 Å². The molecule has 4 nitrogen and oxygen atoms in total. The van der Waals surface area contributed by atoms with Gasteiger partial charge in [0.15, 0.2) is 0 Å². The van der Waals surface area contributed by atoms with Crippen LogP contribution in [0.15, 0.2) is 30.5 Å². The molecular weight excluding hydrogens is 342 g/mol. The summed E-state index contributed by atoms with van der Waals surface area (Å²) in [5, 5.41) is 13.5. The SMILES string of the molecule is O=C(O)c1cnn(-c2ccc(Cl)cc2)c1I. The molecule has 0 fully saturated rings. The minimum Gasteiger partial charge on any atom is -0.478 e. The average Bonchev–Trinajstić information content (AvgIpc) is 2.61. The lowest BCUT2D eigenvalue weighted by atomic mass is 10.3. The quantitative estimate of drug-likeness (QED) is 0.849. The molecule has 0 aliphatic carbocycles. The topological polar surface area (TPSA) is 55.1 Å². The summed E-state index contributed by atoms with van der Waals surface area (Å²) in [6.45, 7) is 0. The molecule has 2 rings (SSSR count). The summed E-state index contributed by atoms with van der Waals surface area (Å²) in [6.07, 6.45) is 1.33. The van der Waals surface area contributed by atoms with Gasteiger partial charge in [0.2, 0.25) is 0 Å². The highest BCUT2D eigenvalue weighted by Crippen LogP contribution is 2.18. The van der Waals surface area contributed by atoms with Gasteiger partial charge in [0.25, 0.3) is 0 Å². The van der Waals surface area contributed by atoms with Crippen molar-refractivity contribution in [3.05, 3.63) is 44.7 Å². The second kappa shape index (κ2) is 4.42. The number of hydrogen-bond donors (Lipinski definition) is 1. The number of aromatic carboxylic acids is 1. The molecule has 1 aromatic carbocycles. The lowest BCUT2D eigenvalue weighted by molar-refractivity contribution is 0.0695. The maximum Gasteiger partial charge on any atom is 0.340 e. The van der Waals surface area contributed by atoms with Crippen molar-refractivity contribution in [2.75, 3.05) is 0 Å². The number of carboxylic acids is 1.